The predicted octanol–water partition coefficient (Wildman–Crippen LogP) is 3.42. The Kier molecular flexibility index (Phi) is 5.03. The summed E-state index contributed by atoms with van der Waals surface area (Å²) in [7, 11) is 1.62. The maximum Gasteiger partial charge on any atom is 0.323 e. The molecule has 1 spiro atoms. The minimum Gasteiger partial charge on any atom is -0.383 e. The number of fused-ring (bicyclic) bond motifs is 2. The number of carbonyl (C=O) groups excluding carboxylic acids is 2. The van der Waals surface area contributed by atoms with Gasteiger partial charge in [-0.15, -0.1) is 11.8 Å². The minimum absolute atomic E-state index is 0.0763. The van der Waals surface area contributed by atoms with E-state index in [4.69, 9.17) is 4.74 Å². The van der Waals surface area contributed by atoms with E-state index in [-0.39, 0.29) is 11.9 Å². The number of hydrogen-bond acceptors (Lipinski definition) is 4. The van der Waals surface area contributed by atoms with Crippen molar-refractivity contribution in [3.05, 3.63) is 59.7 Å². The van der Waals surface area contributed by atoms with E-state index >= 15 is 0 Å². The Labute approximate surface area is 168 Å². The van der Waals surface area contributed by atoms with Gasteiger partial charge in [-0.3, -0.25) is 9.69 Å². The van der Waals surface area contributed by atoms with Gasteiger partial charge in [0.1, 0.15) is 0 Å². The third kappa shape index (κ3) is 2.95. The highest BCUT2D eigenvalue weighted by molar-refractivity contribution is 8.01. The zero-order valence-electron chi connectivity index (χ0n) is 16.0. The molecule has 1 atom stereocenters. The highest BCUT2D eigenvalue weighted by Crippen LogP contribution is 2.54. The quantitative estimate of drug-likeness (QED) is 0.859. The Hall–Kier alpha value is -2.51. The van der Waals surface area contributed by atoms with Crippen molar-refractivity contribution in [1.82, 2.24) is 4.90 Å². The van der Waals surface area contributed by atoms with Crippen LogP contribution in [0.1, 0.15) is 11.1 Å². The van der Waals surface area contributed by atoms with Crippen LogP contribution in [0.15, 0.2) is 48.5 Å². The Balaban J connectivity index is 1.69. The monoisotopic (exact) mass is 397 g/mol. The maximum absolute atomic E-state index is 13.5. The van der Waals surface area contributed by atoms with Gasteiger partial charge in [-0.05, 0) is 30.7 Å². The highest BCUT2D eigenvalue weighted by atomic mass is 32.2. The molecular formula is C21H23N3O3S. The zero-order chi connectivity index (χ0) is 19.7. The molecule has 0 radical (unpaired) electrons. The summed E-state index contributed by atoms with van der Waals surface area (Å²) in [5.74, 6) is 0.632. The van der Waals surface area contributed by atoms with Crippen LogP contribution in [0.3, 0.4) is 0 Å². The number of urea groups is 1. The largest absolute Gasteiger partial charge is 0.383 e. The predicted molar refractivity (Wildman–Crippen MR) is 112 cm³/mol. The molecule has 2 aromatic rings. The molecule has 0 aromatic heterocycles. The SMILES string of the molecule is COCCN1C(=O)[C@]2(SCCN2C(=O)Nc2cccc(C)c2)c2ccccc21. The first-order chi connectivity index (χ1) is 13.6. The second kappa shape index (κ2) is 7.48. The zero-order valence-corrected chi connectivity index (χ0v) is 16.8. The molecular weight excluding hydrogens is 374 g/mol. The van der Waals surface area contributed by atoms with E-state index in [1.807, 2.05) is 55.5 Å². The molecule has 0 aliphatic carbocycles. The summed E-state index contributed by atoms with van der Waals surface area (Å²) in [5, 5.41) is 2.96. The van der Waals surface area contributed by atoms with Gasteiger partial charge in [0.25, 0.3) is 5.91 Å². The number of benzene rings is 2. The number of nitrogens with zero attached hydrogens (tertiary/aromatic N) is 2. The summed E-state index contributed by atoms with van der Waals surface area (Å²) in [6.45, 7) is 3.39. The fourth-order valence-corrected chi connectivity index (χ4v) is 5.35. The highest BCUT2D eigenvalue weighted by Gasteiger charge is 2.59. The average Bonchev–Trinajstić information content (AvgIpc) is 3.23. The fraction of sp³-hybridized carbons (Fsp3) is 0.333. The molecule has 4 rings (SSSR count). The lowest BCUT2D eigenvalue weighted by molar-refractivity contribution is -0.123. The number of thioether (sulfide) groups is 1. The standard InChI is InChI=1S/C21H23N3O3S/c1-15-6-5-7-16(14-15)22-20(26)24-11-13-28-21(24)17-8-3-4-9-18(17)23(19(21)25)10-12-27-2/h3-9,14H,10-13H2,1-2H3,(H,22,26)/t21-/m1/s1. The van der Waals surface area contributed by atoms with E-state index in [2.05, 4.69) is 5.32 Å². The van der Waals surface area contributed by atoms with Gasteiger partial charge < -0.3 is 15.0 Å². The molecule has 7 heteroatoms. The average molecular weight is 398 g/mol. The summed E-state index contributed by atoms with van der Waals surface area (Å²) < 4.78 is 5.19. The lowest BCUT2D eigenvalue weighted by atomic mass is 10.1. The van der Waals surface area contributed by atoms with Crippen molar-refractivity contribution in [2.45, 2.75) is 11.8 Å². The normalized spacial score (nSPS) is 20.7. The number of rotatable bonds is 4. The van der Waals surface area contributed by atoms with Crippen molar-refractivity contribution in [3.8, 4) is 0 Å². The number of amides is 3. The summed E-state index contributed by atoms with van der Waals surface area (Å²) in [6, 6.07) is 15.1. The van der Waals surface area contributed by atoms with Crippen molar-refractivity contribution in [1.29, 1.82) is 0 Å². The second-order valence-electron chi connectivity index (χ2n) is 6.91. The molecule has 1 N–H and O–H groups in total. The van der Waals surface area contributed by atoms with Gasteiger partial charge >= 0.3 is 6.03 Å². The molecule has 1 fully saturated rings. The Morgan fingerprint density at radius 3 is 2.86 bits per heavy atom. The third-order valence-corrected chi connectivity index (χ3v) is 6.55. The summed E-state index contributed by atoms with van der Waals surface area (Å²) >= 11 is 1.52. The fourth-order valence-electron chi connectivity index (χ4n) is 3.89. The summed E-state index contributed by atoms with van der Waals surface area (Å²) in [4.78, 5) is 29.1. The van der Waals surface area contributed by atoms with Crippen LogP contribution >= 0.6 is 11.8 Å². The van der Waals surface area contributed by atoms with Crippen LogP contribution in [-0.4, -0.2) is 49.4 Å². The molecule has 1 saturated heterocycles. The third-order valence-electron chi connectivity index (χ3n) is 5.13. The van der Waals surface area contributed by atoms with Crippen LogP contribution < -0.4 is 10.2 Å². The topological polar surface area (TPSA) is 61.9 Å². The number of aryl methyl sites for hydroxylation is 1. The molecule has 28 heavy (non-hydrogen) atoms. The molecule has 2 aromatic carbocycles. The molecule has 3 amide bonds. The van der Waals surface area contributed by atoms with E-state index in [1.165, 1.54) is 11.8 Å². The van der Waals surface area contributed by atoms with Crippen LogP contribution in [0, 0.1) is 6.92 Å². The second-order valence-corrected chi connectivity index (χ2v) is 8.20. The van der Waals surface area contributed by atoms with Gasteiger partial charge in [0, 0.05) is 37.2 Å². The number of hydrogen-bond donors (Lipinski definition) is 1. The molecule has 0 bridgehead atoms. The van der Waals surface area contributed by atoms with Crippen molar-refractivity contribution in [2.24, 2.45) is 0 Å². The van der Waals surface area contributed by atoms with E-state index in [1.54, 1.807) is 16.9 Å². The summed E-state index contributed by atoms with van der Waals surface area (Å²) in [6.07, 6.45) is 0. The smallest absolute Gasteiger partial charge is 0.323 e. The van der Waals surface area contributed by atoms with Crippen molar-refractivity contribution in [2.75, 3.05) is 42.8 Å². The van der Waals surface area contributed by atoms with Crippen molar-refractivity contribution in [3.63, 3.8) is 0 Å². The first-order valence-electron chi connectivity index (χ1n) is 9.27. The molecule has 2 aliphatic rings. The number of ether oxygens (including phenoxy) is 1. The molecule has 6 nitrogen and oxygen atoms in total. The lowest BCUT2D eigenvalue weighted by Crippen LogP contribution is -2.52. The number of para-hydroxylation sites is 1. The van der Waals surface area contributed by atoms with Gasteiger partial charge in [0.15, 0.2) is 4.87 Å². The van der Waals surface area contributed by atoms with Crippen molar-refractivity contribution < 1.29 is 14.3 Å². The van der Waals surface area contributed by atoms with Crippen LogP contribution in [0.2, 0.25) is 0 Å². The Morgan fingerprint density at radius 2 is 2.07 bits per heavy atom. The van der Waals surface area contributed by atoms with Crippen LogP contribution in [0.5, 0.6) is 0 Å². The van der Waals surface area contributed by atoms with Gasteiger partial charge in [0.05, 0.1) is 12.3 Å². The number of carbonyl (C=O) groups is 2. The van der Waals surface area contributed by atoms with E-state index in [0.717, 1.165) is 22.5 Å². The van der Waals surface area contributed by atoms with E-state index in [0.29, 0.717) is 25.4 Å². The Bertz CT molecular complexity index is 919. The van der Waals surface area contributed by atoms with Gasteiger partial charge in [-0.1, -0.05) is 30.3 Å². The van der Waals surface area contributed by atoms with Gasteiger partial charge in [-0.2, -0.15) is 0 Å². The molecule has 0 saturated carbocycles. The molecule has 0 unspecified atom stereocenters. The first-order valence-corrected chi connectivity index (χ1v) is 10.3. The summed E-state index contributed by atoms with van der Waals surface area (Å²) in [5.41, 5.74) is 3.52. The van der Waals surface area contributed by atoms with Crippen molar-refractivity contribution >= 4 is 35.1 Å². The number of methoxy groups -OCH3 is 1. The van der Waals surface area contributed by atoms with Crippen LogP contribution in [0.4, 0.5) is 16.2 Å². The van der Waals surface area contributed by atoms with Gasteiger partial charge in [0.2, 0.25) is 0 Å². The number of anilines is 2. The maximum atomic E-state index is 13.5. The number of nitrogens with one attached hydrogen (secondary N) is 1. The van der Waals surface area contributed by atoms with E-state index < -0.39 is 4.87 Å². The first kappa shape index (κ1) is 18.8. The minimum atomic E-state index is -1.02. The van der Waals surface area contributed by atoms with Crippen LogP contribution in [-0.2, 0) is 14.4 Å². The molecule has 2 aliphatic heterocycles. The van der Waals surface area contributed by atoms with Crippen LogP contribution in [0.25, 0.3) is 0 Å². The van der Waals surface area contributed by atoms with Gasteiger partial charge in [-0.25, -0.2) is 4.79 Å². The molecule has 2 heterocycles. The van der Waals surface area contributed by atoms with E-state index in [9.17, 15) is 9.59 Å². The molecule has 146 valence electrons. The lowest BCUT2D eigenvalue weighted by Gasteiger charge is -2.33. The Morgan fingerprint density at radius 1 is 1.25 bits per heavy atom.